The molecule has 1 aromatic heterocycles. The number of amides is 1. The van der Waals surface area contributed by atoms with E-state index in [0.29, 0.717) is 18.3 Å². The zero-order valence-corrected chi connectivity index (χ0v) is 17.2. The Balaban J connectivity index is 1.19. The van der Waals surface area contributed by atoms with Gasteiger partial charge in [-0.1, -0.05) is 48.3 Å². The average Bonchev–Trinajstić information content (AvgIpc) is 3.44. The summed E-state index contributed by atoms with van der Waals surface area (Å²) in [5.41, 5.74) is 1.21. The van der Waals surface area contributed by atoms with Crippen LogP contribution < -0.4 is 5.32 Å². The van der Waals surface area contributed by atoms with Gasteiger partial charge in [0.2, 0.25) is 11.8 Å². The van der Waals surface area contributed by atoms with Crippen LogP contribution >= 0.6 is 0 Å². The molecular formula is C23H32N4O2. The molecule has 1 saturated carbocycles. The van der Waals surface area contributed by atoms with Gasteiger partial charge in [0.1, 0.15) is 0 Å². The third kappa shape index (κ3) is 5.89. The van der Waals surface area contributed by atoms with Gasteiger partial charge in [-0.05, 0) is 50.1 Å². The summed E-state index contributed by atoms with van der Waals surface area (Å²) in [5.74, 6) is 2.74. The maximum atomic E-state index is 12.2. The number of aromatic nitrogens is 2. The second kappa shape index (κ2) is 10.0. The van der Waals surface area contributed by atoms with Crippen LogP contribution in [0.4, 0.5) is 0 Å². The molecule has 0 radical (unpaired) electrons. The molecule has 1 aliphatic heterocycles. The van der Waals surface area contributed by atoms with Gasteiger partial charge < -0.3 is 9.84 Å². The molecule has 1 aromatic carbocycles. The zero-order valence-electron chi connectivity index (χ0n) is 17.2. The largest absolute Gasteiger partial charge is 0.356 e. The predicted octanol–water partition coefficient (Wildman–Crippen LogP) is 3.69. The molecule has 0 unspecified atom stereocenters. The van der Waals surface area contributed by atoms with Gasteiger partial charge in [-0.2, -0.15) is 4.98 Å². The molecule has 29 heavy (non-hydrogen) atoms. The Morgan fingerprint density at radius 1 is 1.14 bits per heavy atom. The van der Waals surface area contributed by atoms with Crippen molar-refractivity contribution in [3.63, 3.8) is 0 Å². The van der Waals surface area contributed by atoms with Crippen LogP contribution in [0.15, 0.2) is 34.9 Å². The molecule has 0 bridgehead atoms. The molecule has 1 amide bonds. The lowest BCUT2D eigenvalue weighted by Gasteiger charge is -2.31. The first-order valence-electron chi connectivity index (χ1n) is 11.1. The first-order chi connectivity index (χ1) is 14.3. The second-order valence-electron chi connectivity index (χ2n) is 8.56. The van der Waals surface area contributed by atoms with Crippen LogP contribution in [0, 0.1) is 5.92 Å². The molecule has 2 heterocycles. The maximum absolute atomic E-state index is 12.2. The van der Waals surface area contributed by atoms with Crippen LogP contribution in [-0.2, 0) is 17.8 Å². The number of carbonyl (C=O) groups excluding carboxylic acids is 1. The van der Waals surface area contributed by atoms with Gasteiger partial charge in [0, 0.05) is 25.4 Å². The van der Waals surface area contributed by atoms with Crippen molar-refractivity contribution < 1.29 is 9.32 Å². The van der Waals surface area contributed by atoms with Gasteiger partial charge in [-0.15, -0.1) is 0 Å². The summed E-state index contributed by atoms with van der Waals surface area (Å²) in [5, 5.41) is 7.34. The number of aryl methyl sites for hydroxylation is 1. The Labute approximate surface area is 173 Å². The van der Waals surface area contributed by atoms with Crippen molar-refractivity contribution in [1.29, 1.82) is 0 Å². The molecule has 1 saturated heterocycles. The number of hydrogen-bond acceptors (Lipinski definition) is 5. The Hall–Kier alpha value is -2.21. The van der Waals surface area contributed by atoms with E-state index in [-0.39, 0.29) is 5.91 Å². The topological polar surface area (TPSA) is 71.3 Å². The zero-order chi connectivity index (χ0) is 19.9. The summed E-state index contributed by atoms with van der Waals surface area (Å²) in [6.45, 7) is 3.54. The smallest absolute Gasteiger partial charge is 0.229 e. The molecule has 2 aliphatic rings. The summed E-state index contributed by atoms with van der Waals surface area (Å²) in [4.78, 5) is 19.2. The fraction of sp³-hybridized carbons (Fsp3) is 0.609. The van der Waals surface area contributed by atoms with Crippen LogP contribution in [0.5, 0.6) is 0 Å². The van der Waals surface area contributed by atoms with E-state index in [0.717, 1.165) is 57.2 Å². The van der Waals surface area contributed by atoms with E-state index in [9.17, 15) is 4.79 Å². The predicted molar refractivity (Wildman–Crippen MR) is 111 cm³/mol. The number of benzene rings is 1. The monoisotopic (exact) mass is 396 g/mol. The molecule has 6 heteroatoms. The summed E-state index contributed by atoms with van der Waals surface area (Å²) in [6, 6.07) is 10.2. The molecule has 2 aromatic rings. The minimum absolute atomic E-state index is 0.144. The highest BCUT2D eigenvalue weighted by atomic mass is 16.5. The fourth-order valence-corrected chi connectivity index (χ4v) is 4.58. The van der Waals surface area contributed by atoms with Crippen molar-refractivity contribution in [2.75, 3.05) is 19.6 Å². The van der Waals surface area contributed by atoms with Crippen molar-refractivity contribution in [2.45, 2.75) is 63.8 Å². The molecule has 2 fully saturated rings. The van der Waals surface area contributed by atoms with Gasteiger partial charge in [0.15, 0.2) is 5.82 Å². The summed E-state index contributed by atoms with van der Waals surface area (Å²) < 4.78 is 5.51. The van der Waals surface area contributed by atoms with Gasteiger partial charge in [0.25, 0.3) is 0 Å². The number of piperidine rings is 1. The number of nitrogens with zero attached hydrogens (tertiary/aromatic N) is 3. The van der Waals surface area contributed by atoms with Gasteiger partial charge >= 0.3 is 0 Å². The van der Waals surface area contributed by atoms with Crippen LogP contribution in [0.2, 0.25) is 0 Å². The van der Waals surface area contributed by atoms with Crippen molar-refractivity contribution in [2.24, 2.45) is 5.92 Å². The molecule has 6 nitrogen and oxygen atoms in total. The molecule has 4 rings (SSSR count). The quantitative estimate of drug-likeness (QED) is 0.737. The van der Waals surface area contributed by atoms with E-state index in [1.165, 1.54) is 31.2 Å². The lowest BCUT2D eigenvalue weighted by molar-refractivity contribution is -0.121. The highest BCUT2D eigenvalue weighted by Gasteiger charge is 2.25. The third-order valence-corrected chi connectivity index (χ3v) is 6.23. The fourth-order valence-electron chi connectivity index (χ4n) is 4.58. The molecule has 156 valence electrons. The number of rotatable bonds is 8. The lowest BCUT2D eigenvalue weighted by Crippen LogP contribution is -2.40. The Bertz CT molecular complexity index is 770. The lowest BCUT2D eigenvalue weighted by atomic mass is 9.98. The van der Waals surface area contributed by atoms with E-state index in [4.69, 9.17) is 4.52 Å². The SMILES string of the molecule is O=C(CCc1ccccc1)NC[C@H]1CCCN(Cc2noc(C3CCCC3)n2)C1. The number of nitrogens with one attached hydrogen (secondary N) is 1. The van der Waals surface area contributed by atoms with E-state index >= 15 is 0 Å². The number of likely N-dealkylation sites (tertiary alicyclic amines) is 1. The minimum atomic E-state index is 0.144. The molecular weight excluding hydrogens is 364 g/mol. The van der Waals surface area contributed by atoms with Crippen molar-refractivity contribution in [3.8, 4) is 0 Å². The first kappa shape index (κ1) is 20.1. The number of hydrogen-bond donors (Lipinski definition) is 1. The molecule has 0 spiro atoms. The molecule has 1 N–H and O–H groups in total. The van der Waals surface area contributed by atoms with E-state index in [1.54, 1.807) is 0 Å². The standard InChI is InChI=1S/C23H32N4O2/c28-22(13-12-18-7-2-1-3-8-18)24-15-19-9-6-14-27(16-19)17-21-25-23(29-26-21)20-10-4-5-11-20/h1-3,7-8,19-20H,4-6,9-17H2,(H,24,28)/t19-/m1/s1. The summed E-state index contributed by atoms with van der Waals surface area (Å²) in [6.07, 6.45) is 8.56. The van der Waals surface area contributed by atoms with E-state index < -0.39 is 0 Å². The third-order valence-electron chi connectivity index (χ3n) is 6.23. The van der Waals surface area contributed by atoms with Gasteiger partial charge in [-0.25, -0.2) is 0 Å². The highest BCUT2D eigenvalue weighted by molar-refractivity contribution is 5.76. The minimum Gasteiger partial charge on any atom is -0.356 e. The summed E-state index contributed by atoms with van der Waals surface area (Å²) in [7, 11) is 0. The highest BCUT2D eigenvalue weighted by Crippen LogP contribution is 2.33. The van der Waals surface area contributed by atoms with Crippen LogP contribution in [-0.4, -0.2) is 40.6 Å². The Kier molecular flexibility index (Phi) is 6.93. The maximum Gasteiger partial charge on any atom is 0.229 e. The normalized spacial score (nSPS) is 20.8. The van der Waals surface area contributed by atoms with Crippen molar-refractivity contribution in [1.82, 2.24) is 20.4 Å². The van der Waals surface area contributed by atoms with Gasteiger partial charge in [-0.3, -0.25) is 9.69 Å². The average molecular weight is 397 g/mol. The molecule has 1 atom stereocenters. The van der Waals surface area contributed by atoms with E-state index in [1.807, 2.05) is 18.2 Å². The Morgan fingerprint density at radius 2 is 1.97 bits per heavy atom. The van der Waals surface area contributed by atoms with Crippen molar-refractivity contribution in [3.05, 3.63) is 47.6 Å². The second-order valence-corrected chi connectivity index (χ2v) is 8.56. The first-order valence-corrected chi connectivity index (χ1v) is 11.1. The van der Waals surface area contributed by atoms with Crippen LogP contribution in [0.1, 0.15) is 68.1 Å². The van der Waals surface area contributed by atoms with Crippen LogP contribution in [0.25, 0.3) is 0 Å². The van der Waals surface area contributed by atoms with E-state index in [2.05, 4.69) is 32.5 Å². The molecule has 1 aliphatic carbocycles. The summed E-state index contributed by atoms with van der Waals surface area (Å²) >= 11 is 0. The van der Waals surface area contributed by atoms with Crippen molar-refractivity contribution >= 4 is 5.91 Å². The van der Waals surface area contributed by atoms with Gasteiger partial charge in [0.05, 0.1) is 6.54 Å². The van der Waals surface area contributed by atoms with Crippen LogP contribution in [0.3, 0.4) is 0 Å². The Morgan fingerprint density at radius 3 is 2.79 bits per heavy atom. The number of carbonyl (C=O) groups is 1.